The Hall–Kier alpha value is -3.39. The van der Waals surface area contributed by atoms with Gasteiger partial charge in [-0.1, -0.05) is 24.3 Å². The number of carbonyl (C=O) groups excluding carboxylic acids is 2. The molecule has 3 aromatic rings. The van der Waals surface area contributed by atoms with Crippen LogP contribution in [0.25, 0.3) is 11.3 Å². The lowest BCUT2D eigenvalue weighted by Gasteiger charge is -2.10. The Balaban J connectivity index is 1.64. The molecule has 0 unspecified atom stereocenters. The minimum Gasteiger partial charge on any atom is -0.484 e. The first kappa shape index (κ1) is 17.4. The summed E-state index contributed by atoms with van der Waals surface area (Å²) in [4.78, 5) is 27.7. The molecule has 0 spiro atoms. The number of nitrogens with zero attached hydrogens (tertiary/aromatic N) is 1. The van der Waals surface area contributed by atoms with E-state index in [0.717, 1.165) is 11.3 Å². The topological polar surface area (TPSA) is 120 Å². The van der Waals surface area contributed by atoms with Crippen molar-refractivity contribution in [1.82, 2.24) is 4.98 Å². The summed E-state index contributed by atoms with van der Waals surface area (Å²) in [5.41, 5.74) is 13.1. The fraction of sp³-hybridized carbons (Fsp3) is 0.0556. The van der Waals surface area contributed by atoms with Crippen LogP contribution in [0, 0.1) is 0 Å². The highest BCUT2D eigenvalue weighted by Gasteiger charge is 2.11. The van der Waals surface area contributed by atoms with E-state index < -0.39 is 11.8 Å². The van der Waals surface area contributed by atoms with Crippen LogP contribution in [0.3, 0.4) is 0 Å². The smallest absolute Gasteiger partial charge is 0.262 e. The van der Waals surface area contributed by atoms with Crippen LogP contribution in [0.15, 0.2) is 53.9 Å². The number of thiazole rings is 1. The first-order valence-corrected chi connectivity index (χ1v) is 8.54. The third-order valence-corrected chi connectivity index (χ3v) is 4.16. The average molecular weight is 368 g/mol. The molecule has 132 valence electrons. The fourth-order valence-electron chi connectivity index (χ4n) is 2.31. The number of primary amides is 1. The summed E-state index contributed by atoms with van der Waals surface area (Å²) in [6.45, 7) is -0.213. The molecule has 5 N–H and O–H groups in total. The first-order chi connectivity index (χ1) is 12.5. The van der Waals surface area contributed by atoms with Gasteiger partial charge in [0.2, 0.25) is 0 Å². The lowest BCUT2D eigenvalue weighted by atomic mass is 10.1. The summed E-state index contributed by atoms with van der Waals surface area (Å²) in [6.07, 6.45) is 0. The number of rotatable bonds is 6. The second-order valence-corrected chi connectivity index (χ2v) is 6.24. The Kier molecular flexibility index (Phi) is 5.14. The summed E-state index contributed by atoms with van der Waals surface area (Å²) >= 11 is 1.35. The monoisotopic (exact) mass is 368 g/mol. The van der Waals surface area contributed by atoms with Gasteiger partial charge in [-0.15, -0.1) is 11.3 Å². The Morgan fingerprint density at radius 3 is 2.69 bits per heavy atom. The van der Waals surface area contributed by atoms with Gasteiger partial charge in [0.25, 0.3) is 11.8 Å². The van der Waals surface area contributed by atoms with E-state index in [1.807, 2.05) is 11.4 Å². The molecule has 0 atom stereocenters. The molecule has 0 saturated carbocycles. The second-order valence-electron chi connectivity index (χ2n) is 5.35. The van der Waals surface area contributed by atoms with Crippen LogP contribution in [0.4, 0.5) is 10.8 Å². The summed E-state index contributed by atoms with van der Waals surface area (Å²) in [5.74, 6) is -0.494. The molecule has 0 radical (unpaired) electrons. The normalized spacial score (nSPS) is 10.3. The third-order valence-electron chi connectivity index (χ3n) is 3.49. The van der Waals surface area contributed by atoms with Gasteiger partial charge in [0.1, 0.15) is 5.75 Å². The van der Waals surface area contributed by atoms with Gasteiger partial charge in [-0.25, -0.2) is 4.98 Å². The number of anilines is 2. The summed E-state index contributed by atoms with van der Waals surface area (Å²) < 4.78 is 5.53. The molecular weight excluding hydrogens is 352 g/mol. The van der Waals surface area contributed by atoms with Gasteiger partial charge >= 0.3 is 0 Å². The molecule has 8 heteroatoms. The minimum atomic E-state index is -0.614. The number of para-hydroxylation sites is 1. The zero-order valence-electron chi connectivity index (χ0n) is 13.6. The van der Waals surface area contributed by atoms with E-state index >= 15 is 0 Å². The van der Waals surface area contributed by atoms with Crippen molar-refractivity contribution >= 4 is 34.0 Å². The lowest BCUT2D eigenvalue weighted by molar-refractivity contribution is -0.118. The Morgan fingerprint density at radius 2 is 1.96 bits per heavy atom. The van der Waals surface area contributed by atoms with Crippen LogP contribution < -0.4 is 21.5 Å². The zero-order chi connectivity index (χ0) is 18.5. The molecule has 3 rings (SSSR count). The van der Waals surface area contributed by atoms with Crippen LogP contribution >= 0.6 is 11.3 Å². The molecule has 0 aliphatic heterocycles. The maximum absolute atomic E-state index is 12.1. The highest BCUT2D eigenvalue weighted by Crippen LogP contribution is 2.26. The van der Waals surface area contributed by atoms with Crippen LogP contribution in [0.5, 0.6) is 5.75 Å². The van der Waals surface area contributed by atoms with E-state index in [-0.39, 0.29) is 12.2 Å². The van der Waals surface area contributed by atoms with Crippen LogP contribution in [0.2, 0.25) is 0 Å². The molecule has 0 aliphatic rings. The molecule has 1 heterocycles. The number of hydrogen-bond acceptors (Lipinski definition) is 6. The molecule has 0 bridgehead atoms. The molecule has 0 saturated heterocycles. The van der Waals surface area contributed by atoms with Crippen molar-refractivity contribution in [3.05, 3.63) is 59.5 Å². The van der Waals surface area contributed by atoms with Crippen molar-refractivity contribution in [1.29, 1.82) is 0 Å². The Bertz CT molecular complexity index is 955. The van der Waals surface area contributed by atoms with Crippen molar-refractivity contribution in [2.75, 3.05) is 17.7 Å². The van der Waals surface area contributed by atoms with E-state index in [4.69, 9.17) is 16.2 Å². The zero-order valence-corrected chi connectivity index (χ0v) is 14.5. The maximum atomic E-state index is 12.1. The molecule has 0 aliphatic carbocycles. The van der Waals surface area contributed by atoms with Gasteiger partial charge < -0.3 is 21.5 Å². The van der Waals surface area contributed by atoms with Crippen molar-refractivity contribution in [3.8, 4) is 17.0 Å². The van der Waals surface area contributed by atoms with Gasteiger partial charge in [0, 0.05) is 10.9 Å². The summed E-state index contributed by atoms with van der Waals surface area (Å²) in [6, 6.07) is 13.7. The first-order valence-electron chi connectivity index (χ1n) is 7.66. The fourth-order valence-corrected chi connectivity index (χ4v) is 2.88. The van der Waals surface area contributed by atoms with E-state index in [1.165, 1.54) is 11.3 Å². The van der Waals surface area contributed by atoms with E-state index in [1.54, 1.807) is 42.5 Å². The van der Waals surface area contributed by atoms with Crippen LogP contribution in [0.1, 0.15) is 10.4 Å². The van der Waals surface area contributed by atoms with Crippen molar-refractivity contribution < 1.29 is 14.3 Å². The van der Waals surface area contributed by atoms with Crippen LogP contribution in [-0.2, 0) is 4.79 Å². The summed E-state index contributed by atoms with van der Waals surface area (Å²) in [7, 11) is 0. The standard InChI is InChI=1S/C18H16N4O3S/c19-17(24)13-6-1-2-7-14(13)21-16(23)9-25-12-5-3-4-11(8-12)15-10-26-18(20)22-15/h1-8,10H,9H2,(H2,19,24)(H2,20,22)(H,21,23). The van der Waals surface area contributed by atoms with Gasteiger partial charge in [-0.2, -0.15) is 0 Å². The average Bonchev–Trinajstić information content (AvgIpc) is 3.07. The summed E-state index contributed by atoms with van der Waals surface area (Å²) in [5, 5.41) is 4.95. The number of carbonyl (C=O) groups is 2. The molecule has 0 fully saturated rings. The molecule has 1 aromatic heterocycles. The number of amides is 2. The quantitative estimate of drug-likeness (QED) is 0.617. The van der Waals surface area contributed by atoms with Crippen molar-refractivity contribution in [2.24, 2.45) is 5.73 Å². The minimum absolute atomic E-state index is 0.213. The molecule has 2 amide bonds. The van der Waals surface area contributed by atoms with E-state index in [2.05, 4.69) is 10.3 Å². The van der Waals surface area contributed by atoms with Crippen molar-refractivity contribution in [3.63, 3.8) is 0 Å². The predicted molar refractivity (Wildman–Crippen MR) is 101 cm³/mol. The third kappa shape index (κ3) is 4.17. The number of hydrogen-bond donors (Lipinski definition) is 3. The number of nitrogens with one attached hydrogen (secondary N) is 1. The maximum Gasteiger partial charge on any atom is 0.262 e. The number of nitrogens with two attached hydrogens (primary N) is 2. The number of benzene rings is 2. The molecular formula is C18H16N4O3S. The number of nitrogen functional groups attached to an aromatic ring is 1. The predicted octanol–water partition coefficient (Wildman–Crippen LogP) is 2.51. The highest BCUT2D eigenvalue weighted by atomic mass is 32.1. The van der Waals surface area contributed by atoms with Gasteiger partial charge in [-0.3, -0.25) is 9.59 Å². The molecule has 26 heavy (non-hydrogen) atoms. The number of ether oxygens (including phenoxy) is 1. The lowest BCUT2D eigenvalue weighted by Crippen LogP contribution is -2.22. The largest absolute Gasteiger partial charge is 0.484 e. The SMILES string of the molecule is NC(=O)c1ccccc1NC(=O)COc1cccc(-c2csc(N)n2)c1. The number of aromatic nitrogens is 1. The highest BCUT2D eigenvalue weighted by molar-refractivity contribution is 7.13. The van der Waals surface area contributed by atoms with Crippen molar-refractivity contribution in [2.45, 2.75) is 0 Å². The van der Waals surface area contributed by atoms with E-state index in [0.29, 0.717) is 16.6 Å². The van der Waals surface area contributed by atoms with Crippen LogP contribution in [-0.4, -0.2) is 23.4 Å². The van der Waals surface area contributed by atoms with Gasteiger partial charge in [0.15, 0.2) is 11.7 Å². The molecule has 7 nitrogen and oxygen atoms in total. The van der Waals surface area contributed by atoms with E-state index in [9.17, 15) is 9.59 Å². The Morgan fingerprint density at radius 1 is 1.15 bits per heavy atom. The molecule has 2 aromatic carbocycles. The van der Waals surface area contributed by atoms with Gasteiger partial charge in [0.05, 0.1) is 16.9 Å². The van der Waals surface area contributed by atoms with Gasteiger partial charge in [-0.05, 0) is 24.3 Å². The Labute approximate surface area is 153 Å². The second kappa shape index (κ2) is 7.66.